The molecule has 4 heteroatoms. The van der Waals surface area contributed by atoms with Crippen LogP contribution in [0.4, 0.5) is 9.18 Å². The minimum atomic E-state index is -0.452. The number of nitrogens with zero attached hydrogens (tertiary/aromatic N) is 1. The summed E-state index contributed by atoms with van der Waals surface area (Å²) in [5.74, 6) is -0.200. The van der Waals surface area contributed by atoms with E-state index >= 15 is 0 Å². The molecule has 0 aromatic heterocycles. The van der Waals surface area contributed by atoms with Crippen molar-refractivity contribution in [1.29, 1.82) is 0 Å². The van der Waals surface area contributed by atoms with Crippen molar-refractivity contribution in [2.45, 2.75) is 52.6 Å². The number of halogens is 1. The Morgan fingerprint density at radius 3 is 2.27 bits per heavy atom. The van der Waals surface area contributed by atoms with Crippen LogP contribution in [0.5, 0.6) is 0 Å². The molecular weight excluding hydrogens is 281 g/mol. The van der Waals surface area contributed by atoms with Crippen molar-refractivity contribution in [3.63, 3.8) is 0 Å². The van der Waals surface area contributed by atoms with Crippen molar-refractivity contribution in [3.05, 3.63) is 35.6 Å². The normalized spacial score (nSPS) is 18.1. The molecule has 2 rings (SSSR count). The summed E-state index contributed by atoms with van der Waals surface area (Å²) in [7, 11) is 0. The number of benzene rings is 1. The molecule has 122 valence electrons. The fraction of sp³-hybridized carbons (Fsp3) is 0.611. The topological polar surface area (TPSA) is 29.5 Å². The highest BCUT2D eigenvalue weighted by Crippen LogP contribution is 2.35. The van der Waals surface area contributed by atoms with Gasteiger partial charge in [-0.3, -0.25) is 0 Å². The molecule has 0 aliphatic carbocycles. The van der Waals surface area contributed by atoms with Gasteiger partial charge in [0.15, 0.2) is 0 Å². The Bertz CT molecular complexity index is 511. The lowest BCUT2D eigenvalue weighted by molar-refractivity contribution is 0.0119. The quantitative estimate of drug-likeness (QED) is 0.810. The van der Waals surface area contributed by atoms with E-state index in [1.54, 1.807) is 4.90 Å². The first kappa shape index (κ1) is 16.8. The average molecular weight is 307 g/mol. The van der Waals surface area contributed by atoms with Crippen LogP contribution in [0.25, 0.3) is 0 Å². The summed E-state index contributed by atoms with van der Waals surface area (Å²) in [6.45, 7) is 9.32. The molecule has 1 aromatic rings. The molecule has 1 heterocycles. The van der Waals surface area contributed by atoms with Gasteiger partial charge in [-0.25, -0.2) is 9.18 Å². The first-order chi connectivity index (χ1) is 10.2. The maximum absolute atomic E-state index is 13.0. The summed E-state index contributed by atoms with van der Waals surface area (Å²) in [6.07, 6.45) is 2.55. The largest absolute Gasteiger partial charge is 0.444 e. The number of ether oxygens (including phenoxy) is 1. The van der Waals surface area contributed by atoms with Crippen molar-refractivity contribution >= 4 is 6.09 Å². The smallest absolute Gasteiger partial charge is 0.410 e. The number of hydrogen-bond acceptors (Lipinski definition) is 2. The van der Waals surface area contributed by atoms with Gasteiger partial charge in [0.1, 0.15) is 11.4 Å². The number of piperidine rings is 1. The Hall–Kier alpha value is -1.58. The zero-order chi connectivity index (χ0) is 16.4. The van der Waals surface area contributed by atoms with E-state index in [2.05, 4.69) is 6.92 Å². The number of hydrogen-bond donors (Lipinski definition) is 0. The van der Waals surface area contributed by atoms with Gasteiger partial charge in [0.05, 0.1) is 0 Å². The van der Waals surface area contributed by atoms with E-state index in [0.29, 0.717) is 13.1 Å². The number of rotatable bonds is 2. The Morgan fingerprint density at radius 2 is 1.77 bits per heavy atom. The van der Waals surface area contributed by atoms with Crippen molar-refractivity contribution in [3.8, 4) is 0 Å². The summed E-state index contributed by atoms with van der Waals surface area (Å²) in [6, 6.07) is 6.71. The fourth-order valence-corrected chi connectivity index (χ4v) is 2.83. The second-order valence-electron chi connectivity index (χ2n) is 7.58. The lowest BCUT2D eigenvalue weighted by Gasteiger charge is -2.40. The zero-order valence-electron chi connectivity index (χ0n) is 14.0. The zero-order valence-corrected chi connectivity index (χ0v) is 14.0. The van der Waals surface area contributed by atoms with Crippen molar-refractivity contribution < 1.29 is 13.9 Å². The average Bonchev–Trinajstić information content (AvgIpc) is 2.40. The van der Waals surface area contributed by atoms with E-state index in [9.17, 15) is 9.18 Å². The van der Waals surface area contributed by atoms with Crippen molar-refractivity contribution in [2.75, 3.05) is 13.1 Å². The molecule has 1 aromatic carbocycles. The van der Waals surface area contributed by atoms with Crippen molar-refractivity contribution in [1.82, 2.24) is 4.90 Å². The van der Waals surface area contributed by atoms with E-state index in [4.69, 9.17) is 4.74 Å². The Kier molecular flexibility index (Phi) is 4.78. The van der Waals surface area contributed by atoms with Crippen LogP contribution in [-0.2, 0) is 11.2 Å². The van der Waals surface area contributed by atoms with Gasteiger partial charge >= 0.3 is 6.09 Å². The van der Waals surface area contributed by atoms with Gasteiger partial charge in [-0.15, -0.1) is 0 Å². The molecule has 0 spiro atoms. The molecule has 3 nitrogen and oxygen atoms in total. The maximum atomic E-state index is 13.0. The van der Waals surface area contributed by atoms with Crippen LogP contribution in [0.3, 0.4) is 0 Å². The minimum absolute atomic E-state index is 0.149. The summed E-state index contributed by atoms with van der Waals surface area (Å²) >= 11 is 0. The second-order valence-corrected chi connectivity index (χ2v) is 7.58. The summed E-state index contributed by atoms with van der Waals surface area (Å²) in [4.78, 5) is 13.9. The molecule has 0 radical (unpaired) electrons. The Morgan fingerprint density at radius 1 is 1.23 bits per heavy atom. The molecule has 0 atom stereocenters. The van der Waals surface area contributed by atoms with Crippen LogP contribution in [0, 0.1) is 11.2 Å². The molecular formula is C18H26FNO2. The molecule has 0 saturated carbocycles. The predicted octanol–water partition coefficient (Wildman–Crippen LogP) is 4.41. The van der Waals surface area contributed by atoms with Gasteiger partial charge in [-0.05, 0) is 63.1 Å². The third kappa shape index (κ3) is 4.72. The van der Waals surface area contributed by atoms with Gasteiger partial charge < -0.3 is 9.64 Å². The molecule has 1 saturated heterocycles. The highest BCUT2D eigenvalue weighted by Gasteiger charge is 2.33. The first-order valence-electron chi connectivity index (χ1n) is 7.89. The fourth-order valence-electron chi connectivity index (χ4n) is 2.83. The lowest BCUT2D eigenvalue weighted by Crippen LogP contribution is -2.45. The number of likely N-dealkylation sites (tertiary alicyclic amines) is 1. The van der Waals surface area contributed by atoms with Crippen molar-refractivity contribution in [2.24, 2.45) is 5.41 Å². The van der Waals surface area contributed by atoms with Gasteiger partial charge in [0.25, 0.3) is 0 Å². The van der Waals surface area contributed by atoms with Gasteiger partial charge in [0.2, 0.25) is 0 Å². The third-order valence-electron chi connectivity index (χ3n) is 4.17. The Balaban J connectivity index is 1.90. The minimum Gasteiger partial charge on any atom is -0.444 e. The van der Waals surface area contributed by atoms with Gasteiger partial charge in [-0.2, -0.15) is 0 Å². The molecule has 1 fully saturated rings. The van der Waals surface area contributed by atoms with E-state index in [1.165, 1.54) is 12.1 Å². The molecule has 0 N–H and O–H groups in total. The molecule has 22 heavy (non-hydrogen) atoms. The standard InChI is InChI=1S/C18H26FNO2/c1-17(2,3)22-16(21)20-11-9-18(4,10-12-20)13-14-5-7-15(19)8-6-14/h5-8H,9-13H2,1-4H3. The molecule has 1 aliphatic heterocycles. The number of amides is 1. The second kappa shape index (κ2) is 6.27. The molecule has 0 bridgehead atoms. The van der Waals surface area contributed by atoms with E-state index in [-0.39, 0.29) is 17.3 Å². The highest BCUT2D eigenvalue weighted by molar-refractivity contribution is 5.68. The SMILES string of the molecule is CC1(Cc2ccc(F)cc2)CCN(C(=O)OC(C)(C)C)CC1. The molecule has 1 amide bonds. The first-order valence-corrected chi connectivity index (χ1v) is 7.89. The molecule has 1 aliphatic rings. The summed E-state index contributed by atoms with van der Waals surface area (Å²) in [5.41, 5.74) is 0.845. The van der Waals surface area contributed by atoms with E-state index in [0.717, 1.165) is 24.8 Å². The van der Waals surface area contributed by atoms with Crippen LogP contribution in [0.15, 0.2) is 24.3 Å². The van der Waals surface area contributed by atoms with Gasteiger partial charge in [-0.1, -0.05) is 19.1 Å². The lowest BCUT2D eigenvalue weighted by atomic mass is 9.75. The van der Waals surface area contributed by atoms with Crippen LogP contribution < -0.4 is 0 Å². The number of carbonyl (C=O) groups is 1. The van der Waals surface area contributed by atoms with E-state index in [1.807, 2.05) is 32.9 Å². The van der Waals surface area contributed by atoms with Gasteiger partial charge in [0, 0.05) is 13.1 Å². The maximum Gasteiger partial charge on any atom is 0.410 e. The number of carbonyl (C=O) groups excluding carboxylic acids is 1. The van der Waals surface area contributed by atoms with Crippen LogP contribution >= 0.6 is 0 Å². The van der Waals surface area contributed by atoms with Crippen LogP contribution in [-0.4, -0.2) is 29.7 Å². The molecule has 0 unspecified atom stereocenters. The summed E-state index contributed by atoms with van der Waals surface area (Å²) in [5, 5.41) is 0. The monoisotopic (exact) mass is 307 g/mol. The summed E-state index contributed by atoms with van der Waals surface area (Å²) < 4.78 is 18.4. The van der Waals surface area contributed by atoms with E-state index < -0.39 is 5.60 Å². The Labute approximate surface area is 132 Å². The predicted molar refractivity (Wildman–Crippen MR) is 85.3 cm³/mol. The highest BCUT2D eigenvalue weighted by atomic mass is 19.1. The third-order valence-corrected chi connectivity index (χ3v) is 4.17. The van der Waals surface area contributed by atoms with Crippen LogP contribution in [0.1, 0.15) is 46.1 Å². The van der Waals surface area contributed by atoms with Crippen LogP contribution in [0.2, 0.25) is 0 Å².